The van der Waals surface area contributed by atoms with Gasteiger partial charge in [-0.15, -0.1) is 0 Å². The molecule has 3 nitrogen and oxygen atoms in total. The molecule has 0 aliphatic heterocycles. The zero-order valence-electron chi connectivity index (χ0n) is 10.8. The number of fused-ring (bicyclic) bond motifs is 1. The molecule has 0 spiro atoms. The Kier molecular flexibility index (Phi) is 4.50. The second-order valence-corrected chi connectivity index (χ2v) is 3.94. The van der Waals surface area contributed by atoms with E-state index >= 15 is 0 Å². The number of benzene rings is 1. The maximum Gasteiger partial charge on any atom is 0.121 e. The minimum atomic E-state index is 0.855. The molecule has 0 saturated carbocycles. The molecule has 1 aromatic carbocycles. The van der Waals surface area contributed by atoms with Crippen molar-refractivity contribution < 1.29 is 0 Å². The first-order valence-corrected chi connectivity index (χ1v) is 5.75. The summed E-state index contributed by atoms with van der Waals surface area (Å²) in [6, 6.07) is 6.27. The van der Waals surface area contributed by atoms with Gasteiger partial charge in [0.05, 0.1) is 17.6 Å². The summed E-state index contributed by atoms with van der Waals surface area (Å²) in [5.74, 6) is 1.02. The van der Waals surface area contributed by atoms with Gasteiger partial charge in [0, 0.05) is 0 Å². The highest BCUT2D eigenvalue weighted by molar-refractivity contribution is 5.75. The molecule has 0 aliphatic carbocycles. The summed E-state index contributed by atoms with van der Waals surface area (Å²) in [4.78, 5) is 9.91. The lowest BCUT2D eigenvalue weighted by molar-refractivity contribution is 0.392. The van der Waals surface area contributed by atoms with Crippen molar-refractivity contribution in [3.63, 3.8) is 0 Å². The van der Waals surface area contributed by atoms with Gasteiger partial charge in [0.25, 0.3) is 0 Å². The number of hydrogen-bond acceptors (Lipinski definition) is 2. The first-order chi connectivity index (χ1) is 7.65. The smallest absolute Gasteiger partial charge is 0.121 e. The molecule has 2 aromatic rings. The van der Waals surface area contributed by atoms with Gasteiger partial charge in [-0.1, -0.05) is 19.9 Å². The van der Waals surface area contributed by atoms with Crippen molar-refractivity contribution in [3.05, 3.63) is 29.6 Å². The lowest BCUT2D eigenvalue weighted by Gasteiger charge is -2.04. The third-order valence-corrected chi connectivity index (χ3v) is 2.15. The van der Waals surface area contributed by atoms with Crippen LogP contribution in [0, 0.1) is 6.92 Å². The Labute approximate surface area is 97.5 Å². The van der Waals surface area contributed by atoms with Gasteiger partial charge in [-0.2, -0.15) is 0 Å². The van der Waals surface area contributed by atoms with E-state index in [-0.39, 0.29) is 0 Å². The van der Waals surface area contributed by atoms with Crippen molar-refractivity contribution in [2.24, 2.45) is 0 Å². The molecule has 1 aromatic heterocycles. The quantitative estimate of drug-likeness (QED) is 0.842. The molecular weight excluding hydrogens is 198 g/mol. The molecule has 0 fully saturated rings. The van der Waals surface area contributed by atoms with Crippen molar-refractivity contribution >= 4 is 11.0 Å². The second kappa shape index (κ2) is 5.66. The van der Waals surface area contributed by atoms with Gasteiger partial charge in [-0.05, 0) is 38.7 Å². The maximum atomic E-state index is 4.50. The number of aromatic nitrogens is 2. The predicted octanol–water partition coefficient (Wildman–Crippen LogP) is 2.96. The summed E-state index contributed by atoms with van der Waals surface area (Å²) in [5, 5.41) is 0. The Morgan fingerprint density at radius 1 is 1.25 bits per heavy atom. The van der Waals surface area contributed by atoms with Crippen LogP contribution in [-0.4, -0.2) is 29.0 Å². The molecule has 3 heteroatoms. The largest absolute Gasteiger partial charge is 0.341 e. The van der Waals surface area contributed by atoms with Crippen molar-refractivity contribution in [1.82, 2.24) is 14.9 Å². The molecule has 1 heterocycles. The first kappa shape index (κ1) is 12.7. The normalized spacial score (nSPS) is 10.4. The van der Waals surface area contributed by atoms with Crippen LogP contribution in [0.1, 0.15) is 25.2 Å². The molecule has 0 radical (unpaired) electrons. The van der Waals surface area contributed by atoms with Gasteiger partial charge < -0.3 is 9.88 Å². The summed E-state index contributed by atoms with van der Waals surface area (Å²) < 4.78 is 0. The molecule has 2 rings (SSSR count). The number of H-pyrrole nitrogens is 1. The van der Waals surface area contributed by atoms with Crippen molar-refractivity contribution in [2.45, 2.75) is 27.3 Å². The molecule has 0 bridgehead atoms. The average molecular weight is 219 g/mol. The van der Waals surface area contributed by atoms with Crippen LogP contribution in [0.25, 0.3) is 11.0 Å². The highest BCUT2D eigenvalue weighted by Gasteiger charge is 2.02. The van der Waals surface area contributed by atoms with E-state index in [0.717, 1.165) is 23.4 Å². The highest BCUT2D eigenvalue weighted by Crippen LogP contribution is 2.13. The molecule has 1 N–H and O–H groups in total. The Bertz CT molecular complexity index is 443. The Morgan fingerprint density at radius 2 is 1.94 bits per heavy atom. The average Bonchev–Trinajstić information content (AvgIpc) is 2.61. The summed E-state index contributed by atoms with van der Waals surface area (Å²) in [6.45, 7) is 6.94. The summed E-state index contributed by atoms with van der Waals surface area (Å²) in [7, 11) is 4.08. The number of nitrogens with zero attached hydrogens (tertiary/aromatic N) is 2. The van der Waals surface area contributed by atoms with Crippen LogP contribution in [0.4, 0.5) is 0 Å². The van der Waals surface area contributed by atoms with Crippen molar-refractivity contribution in [2.75, 3.05) is 14.1 Å². The van der Waals surface area contributed by atoms with Crippen LogP contribution in [0.15, 0.2) is 18.2 Å². The molecule has 0 amide bonds. The van der Waals surface area contributed by atoms with Crippen molar-refractivity contribution in [1.29, 1.82) is 0 Å². The number of aromatic amines is 1. The molecule has 0 saturated heterocycles. The predicted molar refractivity (Wildman–Crippen MR) is 69.6 cm³/mol. The summed E-state index contributed by atoms with van der Waals surface area (Å²) in [6.07, 6.45) is 0. The van der Waals surface area contributed by atoms with Crippen molar-refractivity contribution in [3.8, 4) is 0 Å². The fourth-order valence-electron chi connectivity index (χ4n) is 1.55. The lowest BCUT2D eigenvalue weighted by Crippen LogP contribution is -2.11. The number of imidazole rings is 1. The van der Waals surface area contributed by atoms with E-state index in [1.54, 1.807) is 0 Å². The van der Waals surface area contributed by atoms with Gasteiger partial charge in [0.15, 0.2) is 0 Å². The van der Waals surface area contributed by atoms with Gasteiger partial charge >= 0.3 is 0 Å². The zero-order chi connectivity index (χ0) is 12.1. The molecular formula is C13H21N3. The van der Waals surface area contributed by atoms with Gasteiger partial charge in [0.1, 0.15) is 5.82 Å². The standard InChI is InChI=1S/C11H15N3.C2H6/c1-8-4-5-9-10(6-8)13-11(12-9)7-14(2)3;1-2/h4-6H,7H2,1-3H3,(H,12,13);1-2H3. The summed E-state index contributed by atoms with van der Waals surface area (Å²) in [5.41, 5.74) is 3.44. The van der Waals surface area contributed by atoms with Crippen LogP contribution in [-0.2, 0) is 6.54 Å². The lowest BCUT2D eigenvalue weighted by atomic mass is 10.2. The maximum absolute atomic E-state index is 4.50. The SMILES string of the molecule is CC.Cc1ccc2nc(CN(C)C)[nH]c2c1. The minimum Gasteiger partial charge on any atom is -0.341 e. The highest BCUT2D eigenvalue weighted by atomic mass is 15.1. The topological polar surface area (TPSA) is 31.9 Å². The van der Waals surface area contributed by atoms with E-state index in [2.05, 4.69) is 40.0 Å². The molecule has 0 unspecified atom stereocenters. The number of nitrogens with one attached hydrogen (secondary N) is 1. The van der Waals surface area contributed by atoms with Crippen LogP contribution in [0.2, 0.25) is 0 Å². The third kappa shape index (κ3) is 3.07. The molecule has 0 atom stereocenters. The number of rotatable bonds is 2. The second-order valence-electron chi connectivity index (χ2n) is 3.94. The van der Waals surface area contributed by atoms with E-state index in [1.165, 1.54) is 5.56 Å². The number of aryl methyl sites for hydroxylation is 1. The fraction of sp³-hybridized carbons (Fsp3) is 0.462. The van der Waals surface area contributed by atoms with E-state index < -0.39 is 0 Å². The van der Waals surface area contributed by atoms with E-state index in [9.17, 15) is 0 Å². The van der Waals surface area contributed by atoms with Crippen LogP contribution in [0.5, 0.6) is 0 Å². The zero-order valence-corrected chi connectivity index (χ0v) is 10.8. The van der Waals surface area contributed by atoms with Crippen LogP contribution < -0.4 is 0 Å². The Morgan fingerprint density at radius 3 is 2.56 bits per heavy atom. The van der Waals surface area contributed by atoms with Crippen LogP contribution in [0.3, 0.4) is 0 Å². The Hall–Kier alpha value is -1.35. The number of hydrogen-bond donors (Lipinski definition) is 1. The van der Waals surface area contributed by atoms with Gasteiger partial charge in [-0.25, -0.2) is 4.98 Å². The monoisotopic (exact) mass is 219 g/mol. The molecule has 0 aliphatic rings. The minimum absolute atomic E-state index is 0.855. The van der Waals surface area contributed by atoms with Gasteiger partial charge in [0.2, 0.25) is 0 Å². The van der Waals surface area contributed by atoms with Crippen LogP contribution >= 0.6 is 0 Å². The van der Waals surface area contributed by atoms with E-state index in [4.69, 9.17) is 0 Å². The Balaban J connectivity index is 0.000000606. The summed E-state index contributed by atoms with van der Waals surface area (Å²) >= 11 is 0. The van der Waals surface area contributed by atoms with Gasteiger partial charge in [-0.3, -0.25) is 0 Å². The van der Waals surface area contributed by atoms with E-state index in [0.29, 0.717) is 0 Å². The fourth-order valence-corrected chi connectivity index (χ4v) is 1.55. The first-order valence-electron chi connectivity index (χ1n) is 5.75. The van der Waals surface area contributed by atoms with E-state index in [1.807, 2.05) is 27.9 Å². The third-order valence-electron chi connectivity index (χ3n) is 2.15. The molecule has 88 valence electrons. The molecule has 16 heavy (non-hydrogen) atoms.